The first kappa shape index (κ1) is 23.4. The number of rotatable bonds is 6. The van der Waals surface area contributed by atoms with Crippen molar-refractivity contribution in [1.82, 2.24) is 14.9 Å². The number of benzene rings is 1. The van der Waals surface area contributed by atoms with Gasteiger partial charge in [-0.05, 0) is 62.4 Å². The van der Waals surface area contributed by atoms with Crippen molar-refractivity contribution in [3.05, 3.63) is 53.9 Å². The van der Waals surface area contributed by atoms with Gasteiger partial charge in [0.1, 0.15) is 5.82 Å². The Kier molecular flexibility index (Phi) is 6.04. The van der Waals surface area contributed by atoms with E-state index < -0.39 is 5.92 Å². The minimum atomic E-state index is -2.48. The lowest BCUT2D eigenvalue weighted by molar-refractivity contribution is -0.115. The van der Waals surface area contributed by atoms with E-state index in [4.69, 9.17) is 0 Å². The average Bonchev–Trinajstić information content (AvgIpc) is 3.20. The number of carbonyl (C=O) groups excluding carboxylic acids is 1. The predicted molar refractivity (Wildman–Crippen MR) is 134 cm³/mol. The first-order chi connectivity index (χ1) is 16.7. The van der Waals surface area contributed by atoms with Crippen LogP contribution in [0.3, 0.4) is 0 Å². The highest BCUT2D eigenvalue weighted by atomic mass is 19.3. The maximum absolute atomic E-state index is 13.5. The van der Waals surface area contributed by atoms with Gasteiger partial charge >= 0.3 is 0 Å². The second kappa shape index (κ2) is 9.03. The molecule has 1 aromatic carbocycles. The third-order valence-electron chi connectivity index (χ3n) is 6.91. The lowest BCUT2D eigenvalue weighted by Crippen LogP contribution is -2.57. The van der Waals surface area contributed by atoms with Gasteiger partial charge in [0, 0.05) is 67.1 Å². The molecule has 7 nitrogen and oxygen atoms in total. The highest BCUT2D eigenvalue weighted by Crippen LogP contribution is 2.48. The Labute approximate surface area is 203 Å². The van der Waals surface area contributed by atoms with Gasteiger partial charge in [0.25, 0.3) is 5.91 Å². The van der Waals surface area contributed by atoms with E-state index >= 15 is 0 Å². The average molecular weight is 481 g/mol. The summed E-state index contributed by atoms with van der Waals surface area (Å²) >= 11 is 0. The van der Waals surface area contributed by atoms with Crippen molar-refractivity contribution in [3.8, 4) is 0 Å². The number of nitrogens with one attached hydrogen (secondary N) is 3. The summed E-state index contributed by atoms with van der Waals surface area (Å²) < 4.78 is 27.0. The van der Waals surface area contributed by atoms with E-state index in [0.29, 0.717) is 24.2 Å². The highest BCUT2D eigenvalue weighted by Gasteiger charge is 2.49. The normalized spacial score (nSPS) is 18.7. The Hall–Kier alpha value is -3.33. The molecule has 3 heterocycles. The number of halogens is 2. The number of hydrogen-bond acceptors (Lipinski definition) is 5. The molecule has 184 valence electrons. The third-order valence-corrected chi connectivity index (χ3v) is 6.91. The molecule has 1 spiro atoms. The van der Waals surface area contributed by atoms with Crippen molar-refractivity contribution in [1.29, 1.82) is 0 Å². The van der Waals surface area contributed by atoms with Crippen molar-refractivity contribution in [2.75, 3.05) is 23.8 Å². The number of aromatic amines is 1. The van der Waals surface area contributed by atoms with Gasteiger partial charge in [0.2, 0.25) is 5.92 Å². The van der Waals surface area contributed by atoms with E-state index in [9.17, 15) is 13.6 Å². The molecule has 3 N–H and O–H groups in total. The van der Waals surface area contributed by atoms with E-state index in [1.165, 1.54) is 0 Å². The quantitative estimate of drug-likeness (QED) is 0.315. The number of fused-ring (bicyclic) bond motifs is 1. The topological polar surface area (TPSA) is 85.4 Å². The number of alkyl halides is 2. The summed E-state index contributed by atoms with van der Waals surface area (Å²) in [7, 11) is 0. The van der Waals surface area contributed by atoms with Gasteiger partial charge in [0.05, 0.1) is 11.2 Å². The molecule has 0 bridgehead atoms. The van der Waals surface area contributed by atoms with Crippen molar-refractivity contribution in [2.24, 2.45) is 10.5 Å². The molecule has 1 saturated carbocycles. The van der Waals surface area contributed by atoms with Gasteiger partial charge < -0.3 is 10.3 Å². The Bertz CT molecular complexity index is 1240. The SMILES string of the molecule is CC(C)=NNc1ccc(C(=O)Nc2cc3[nH]c(CN4CC5(CCC(F)(F)CC5)C4)cc3cn2)cc1. The van der Waals surface area contributed by atoms with Gasteiger partial charge in [-0.2, -0.15) is 5.10 Å². The van der Waals surface area contributed by atoms with Crippen LogP contribution in [0.5, 0.6) is 0 Å². The minimum absolute atomic E-state index is 0.0154. The summed E-state index contributed by atoms with van der Waals surface area (Å²) in [6.45, 7) is 6.29. The maximum Gasteiger partial charge on any atom is 0.256 e. The van der Waals surface area contributed by atoms with E-state index in [2.05, 4.69) is 36.8 Å². The molecular formula is C26H30F2N6O. The molecule has 2 aliphatic rings. The summed E-state index contributed by atoms with van der Waals surface area (Å²) in [5, 5.41) is 7.96. The molecular weight excluding hydrogens is 450 g/mol. The molecule has 3 aromatic rings. The second-order valence-corrected chi connectivity index (χ2v) is 10.2. The molecule has 9 heteroatoms. The number of aromatic nitrogens is 2. The Morgan fingerprint density at radius 1 is 1.11 bits per heavy atom. The third kappa shape index (κ3) is 5.35. The van der Waals surface area contributed by atoms with Crippen LogP contribution >= 0.6 is 0 Å². The largest absolute Gasteiger partial charge is 0.357 e. The zero-order chi connectivity index (χ0) is 24.6. The summed E-state index contributed by atoms with van der Waals surface area (Å²) in [5.41, 5.74) is 7.18. The fourth-order valence-electron chi connectivity index (χ4n) is 5.02. The zero-order valence-corrected chi connectivity index (χ0v) is 20.0. The summed E-state index contributed by atoms with van der Waals surface area (Å²) in [6, 6.07) is 10.9. The second-order valence-electron chi connectivity index (χ2n) is 10.2. The van der Waals surface area contributed by atoms with E-state index in [0.717, 1.165) is 47.6 Å². The monoisotopic (exact) mass is 480 g/mol. The van der Waals surface area contributed by atoms with Crippen LogP contribution in [0.1, 0.15) is 55.6 Å². The molecule has 2 aromatic heterocycles. The van der Waals surface area contributed by atoms with Crippen molar-refractivity contribution in [2.45, 2.75) is 52.0 Å². The molecule has 5 rings (SSSR count). The lowest BCUT2D eigenvalue weighted by Gasteiger charge is -2.53. The van der Waals surface area contributed by atoms with Crippen molar-refractivity contribution < 1.29 is 13.6 Å². The molecule has 0 unspecified atom stereocenters. The zero-order valence-electron chi connectivity index (χ0n) is 20.0. The first-order valence-corrected chi connectivity index (χ1v) is 11.9. The highest BCUT2D eigenvalue weighted by molar-refractivity contribution is 6.04. The number of likely N-dealkylation sites (tertiary alicyclic amines) is 1. The molecule has 1 aliphatic heterocycles. The van der Waals surface area contributed by atoms with E-state index in [-0.39, 0.29) is 24.2 Å². The number of carbonyl (C=O) groups is 1. The standard InChI is InChI=1S/C26H30F2N6O/c1-17(2)32-33-20-5-3-18(4-6-20)24(35)31-23-12-22-19(13-29-23)11-21(30-22)14-34-15-25(16-34)7-9-26(27,28)10-8-25/h3-6,11-13,30,33H,7-10,14-16H2,1-2H3,(H,29,31,35). The number of nitrogens with zero attached hydrogens (tertiary/aromatic N) is 3. The number of H-pyrrole nitrogens is 1. The van der Waals surface area contributed by atoms with Gasteiger partial charge in [-0.1, -0.05) is 0 Å². The van der Waals surface area contributed by atoms with Crippen LogP contribution in [0.25, 0.3) is 10.9 Å². The summed E-state index contributed by atoms with van der Waals surface area (Å²) in [5.74, 6) is -2.25. The lowest BCUT2D eigenvalue weighted by atomic mass is 9.67. The van der Waals surface area contributed by atoms with Crippen LogP contribution in [0.4, 0.5) is 20.3 Å². The van der Waals surface area contributed by atoms with Gasteiger partial charge in [0.15, 0.2) is 0 Å². The molecule has 35 heavy (non-hydrogen) atoms. The van der Waals surface area contributed by atoms with Gasteiger partial charge in [-0.15, -0.1) is 0 Å². The first-order valence-electron chi connectivity index (χ1n) is 11.9. The number of amides is 1. The molecule has 1 saturated heterocycles. The van der Waals surface area contributed by atoms with Gasteiger partial charge in [-0.3, -0.25) is 15.1 Å². The Balaban J connectivity index is 1.18. The number of anilines is 2. The van der Waals surface area contributed by atoms with Crippen molar-refractivity contribution >= 4 is 34.0 Å². The smallest absolute Gasteiger partial charge is 0.256 e. The van der Waals surface area contributed by atoms with E-state index in [1.54, 1.807) is 30.5 Å². The molecule has 0 radical (unpaired) electrons. The molecule has 2 fully saturated rings. The van der Waals surface area contributed by atoms with Crippen LogP contribution in [0.15, 0.2) is 47.7 Å². The van der Waals surface area contributed by atoms with E-state index in [1.807, 2.05) is 19.9 Å². The fourth-order valence-corrected chi connectivity index (χ4v) is 5.02. The number of hydrogen-bond donors (Lipinski definition) is 3. The minimum Gasteiger partial charge on any atom is -0.357 e. The molecule has 1 amide bonds. The maximum atomic E-state index is 13.5. The predicted octanol–water partition coefficient (Wildman–Crippen LogP) is 5.63. The van der Waals surface area contributed by atoms with Gasteiger partial charge in [-0.25, -0.2) is 13.8 Å². The van der Waals surface area contributed by atoms with Crippen LogP contribution < -0.4 is 10.7 Å². The summed E-state index contributed by atoms with van der Waals surface area (Å²) in [6.07, 6.45) is 3.00. The number of pyridine rings is 1. The van der Waals surface area contributed by atoms with Crippen LogP contribution in [0.2, 0.25) is 0 Å². The summed E-state index contributed by atoms with van der Waals surface area (Å²) in [4.78, 5) is 22.7. The van der Waals surface area contributed by atoms with Crippen LogP contribution in [-0.4, -0.2) is 45.5 Å². The van der Waals surface area contributed by atoms with Crippen molar-refractivity contribution in [3.63, 3.8) is 0 Å². The fraction of sp³-hybridized carbons (Fsp3) is 0.423. The van der Waals surface area contributed by atoms with Crippen LogP contribution in [0, 0.1) is 5.41 Å². The Morgan fingerprint density at radius 2 is 1.83 bits per heavy atom. The Morgan fingerprint density at radius 3 is 2.51 bits per heavy atom. The van der Waals surface area contributed by atoms with Crippen LogP contribution in [-0.2, 0) is 6.54 Å². The molecule has 1 aliphatic carbocycles. The number of hydrazone groups is 1. The molecule has 0 atom stereocenters.